The Balaban J connectivity index is 0.000000160. The number of ether oxygens (including phenoxy) is 4. The minimum Gasteiger partial charge on any atom is -0.495 e. The number of piperazine rings is 2. The number of fused-ring (bicyclic) bond motifs is 6. The molecule has 138 heavy (non-hydrogen) atoms. The highest BCUT2D eigenvalue weighted by Crippen LogP contribution is 2.44. The van der Waals surface area contributed by atoms with E-state index < -0.39 is 15.8 Å². The second kappa shape index (κ2) is 48.1. The zero-order valence-electron chi connectivity index (χ0n) is 78.2. The molecular weight excluding hydrogens is 1880 g/mol. The molecule has 3 amide bonds. The Morgan fingerprint density at radius 2 is 0.920 bits per heavy atom. The lowest BCUT2D eigenvalue weighted by molar-refractivity contribution is -0.385. The number of nitro groups is 2. The van der Waals surface area contributed by atoms with Gasteiger partial charge in [-0.3, -0.25) is 34.6 Å². The third kappa shape index (κ3) is 25.3. The standard InChI is InChI=1S/C27H33N7O2.C15H15ClN4O.C14H13ClN4O4.C12H9ClN4O.C12H19N3O.C10H13NO2.C4HCl2N3O2/c1-18(2)34-23-17-28-27(30-25(23)32(4)22-9-7-6-8-20(22)26(34)35)29-21-11-10-19(16-24(21)36-5)33-14-12-31(3)13-15-33;1-9(2)20-12-8-17-15(16)18-13(12)19(3)11-7-5-4-6-10(11)14(20)21;1-3-23-13(20)9-6-4-5-7-10(9)18(2)12-11(19(21)22)8-16-14(15)17-12;1-17-9-5-3-2-4-7(9)11(18)15-8-6-14-12(13)16-10(8)17;1-14-5-7-15(8-6-14)10-3-4-11(13)12(9-10)16-2;1-3-13-10(12)8-6-4-5-7-9(8)11-2;5-3-2(9(10)11)1-7-4(6)8-3/h6-11,16-18H,12-15H2,1-5H3,(H,28,29,30);4-9H,1-3H3;4-8H,3H2,1-2H3;2-6H,1H3,(H,15,18);3-4,9H,5-8,13H2,1-2H3;4-7,11H,3H2,1-2H3;1H. The van der Waals surface area contributed by atoms with Crippen molar-refractivity contribution >= 4 is 197 Å². The average Bonchev–Trinajstić information content (AvgIpc) is 1.61. The molecule has 10 heterocycles. The van der Waals surface area contributed by atoms with Crippen LogP contribution in [-0.2, 0) is 9.47 Å². The lowest BCUT2D eigenvalue weighted by atomic mass is 10.1. The van der Waals surface area contributed by atoms with Gasteiger partial charge in [0, 0.05) is 129 Å². The highest BCUT2D eigenvalue weighted by atomic mass is 35.5. The van der Waals surface area contributed by atoms with Crippen LogP contribution in [0.1, 0.15) is 93.3 Å². The van der Waals surface area contributed by atoms with Crippen LogP contribution in [0.2, 0.25) is 26.3 Å². The number of nitrogens with one attached hydrogen (secondary N) is 3. The number of para-hydroxylation sites is 5. The van der Waals surface area contributed by atoms with Gasteiger partial charge in [-0.1, -0.05) is 72.3 Å². The van der Waals surface area contributed by atoms with Crippen LogP contribution >= 0.6 is 58.0 Å². The van der Waals surface area contributed by atoms with Crippen molar-refractivity contribution in [2.45, 2.75) is 53.6 Å². The van der Waals surface area contributed by atoms with Crippen molar-refractivity contribution < 1.29 is 52.8 Å². The lowest BCUT2D eigenvalue weighted by Gasteiger charge is -2.34. The molecule has 7 aromatic carbocycles. The molecule has 5 aromatic heterocycles. The number of amides is 3. The van der Waals surface area contributed by atoms with E-state index in [-0.39, 0.29) is 91.4 Å². The molecule has 17 rings (SSSR count). The summed E-state index contributed by atoms with van der Waals surface area (Å²) >= 11 is 28.1. The molecule has 39 nitrogen and oxygen atoms in total. The summed E-state index contributed by atoms with van der Waals surface area (Å²) in [6, 6.07) is 48.3. The summed E-state index contributed by atoms with van der Waals surface area (Å²) < 4.78 is 20.8. The quantitative estimate of drug-likeness (QED) is 0.0164. The third-order valence-corrected chi connectivity index (χ3v) is 22.9. The number of likely N-dealkylation sites (N-methyl/N-ethyl adjacent to an activating group) is 2. The lowest BCUT2D eigenvalue weighted by Crippen LogP contribution is -2.44. The second-order valence-corrected chi connectivity index (χ2v) is 33.1. The smallest absolute Gasteiger partial charge is 0.340 e. The molecular formula is C94H103Cl5N26O13. The molecule has 5 N–H and O–H groups in total. The van der Waals surface area contributed by atoms with Crippen molar-refractivity contribution in [2.75, 3.05) is 190 Å². The van der Waals surface area contributed by atoms with Gasteiger partial charge in [0.1, 0.15) is 41.0 Å². The van der Waals surface area contributed by atoms with Gasteiger partial charge in [0.15, 0.2) is 17.5 Å². The van der Waals surface area contributed by atoms with Crippen molar-refractivity contribution in [3.63, 3.8) is 0 Å². The zero-order chi connectivity index (χ0) is 99.9. The summed E-state index contributed by atoms with van der Waals surface area (Å²) in [5.41, 5.74) is 17.1. The molecule has 2 fully saturated rings. The third-order valence-electron chi connectivity index (χ3n) is 21.9. The fourth-order valence-electron chi connectivity index (χ4n) is 14.8. The number of benzene rings is 7. The van der Waals surface area contributed by atoms with Gasteiger partial charge in [0.05, 0.1) is 118 Å². The largest absolute Gasteiger partial charge is 0.495 e. The Hall–Kier alpha value is -14.7. The summed E-state index contributed by atoms with van der Waals surface area (Å²) in [4.78, 5) is 142. The normalized spacial score (nSPS) is 13.5. The average molecular weight is 1980 g/mol. The van der Waals surface area contributed by atoms with Crippen LogP contribution in [-0.4, -0.2) is 240 Å². The highest BCUT2D eigenvalue weighted by molar-refractivity contribution is 6.33. The Morgan fingerprint density at radius 3 is 1.44 bits per heavy atom. The molecule has 0 spiro atoms. The molecule has 0 bridgehead atoms. The van der Waals surface area contributed by atoms with E-state index in [9.17, 15) is 44.2 Å². The number of rotatable bonds is 17. The highest BCUT2D eigenvalue weighted by Gasteiger charge is 2.36. The van der Waals surface area contributed by atoms with Gasteiger partial charge in [-0.2, -0.15) is 24.9 Å². The summed E-state index contributed by atoms with van der Waals surface area (Å²) in [7, 11) is 16.6. The maximum atomic E-state index is 13.4. The number of nitrogen functional groups attached to an aromatic ring is 1. The molecule has 44 heteroatoms. The van der Waals surface area contributed by atoms with Gasteiger partial charge >= 0.3 is 23.3 Å². The van der Waals surface area contributed by atoms with Crippen LogP contribution in [0.15, 0.2) is 189 Å². The number of methoxy groups -OCH3 is 2. The van der Waals surface area contributed by atoms with Crippen LogP contribution in [0.4, 0.5) is 109 Å². The van der Waals surface area contributed by atoms with Crippen molar-refractivity contribution in [3.8, 4) is 11.5 Å². The number of carbonyl (C=O) groups is 5. The zero-order valence-corrected chi connectivity index (χ0v) is 82.0. The SMILES string of the molecule is CC(C)N1C(=O)c2ccccc2N(C)c2nc(Cl)ncc21.CCOC(=O)c1ccccc1N(C)c1nc(Cl)ncc1[N+](=O)[O-].CCOC(=O)c1ccccc1NC.CN1c2ccccc2C(=O)Nc2cnc(Cl)nc21.COc1cc(N2CCN(C)CC2)ccc1N.COc1cc(N2CCN(C)CC2)ccc1Nc1ncc2c(n1)N(C)c1ccccc1C(=O)N2C(C)C.O=[N+]([O-])c1cnc(Cl)nc1Cl. The van der Waals surface area contributed by atoms with Crippen molar-refractivity contribution in [1.29, 1.82) is 0 Å². The van der Waals surface area contributed by atoms with E-state index >= 15 is 0 Å². The molecule has 722 valence electrons. The van der Waals surface area contributed by atoms with Crippen molar-refractivity contribution in [1.82, 2.24) is 59.6 Å². The van der Waals surface area contributed by atoms with Gasteiger partial charge in [-0.25, -0.2) is 34.5 Å². The number of esters is 2. The number of hydrogen-bond donors (Lipinski definition) is 4. The molecule has 0 radical (unpaired) electrons. The fourth-order valence-corrected chi connectivity index (χ4v) is 15.6. The van der Waals surface area contributed by atoms with Gasteiger partial charge < -0.3 is 89.6 Å². The Kier molecular flexibility index (Phi) is 36.2. The topological polar surface area (TPSA) is 432 Å². The monoisotopic (exact) mass is 1980 g/mol. The van der Waals surface area contributed by atoms with E-state index in [4.69, 9.17) is 87.7 Å². The van der Waals surface area contributed by atoms with E-state index in [0.29, 0.717) is 80.7 Å². The van der Waals surface area contributed by atoms with Crippen LogP contribution in [0.25, 0.3) is 0 Å². The fraction of sp³-hybridized carbons (Fsp3) is 0.287. The maximum absolute atomic E-state index is 13.4. The van der Waals surface area contributed by atoms with Gasteiger partial charge in [0.25, 0.3) is 17.7 Å². The molecule has 0 saturated carbocycles. The number of aromatic nitrogens is 10. The van der Waals surface area contributed by atoms with Gasteiger partial charge in [-0.05, 0) is 187 Å². The van der Waals surface area contributed by atoms with Crippen molar-refractivity contribution in [3.05, 3.63) is 263 Å². The molecule has 0 unspecified atom stereocenters. The number of nitrogens with zero attached hydrogens (tertiary/aromatic N) is 22. The Morgan fingerprint density at radius 1 is 0.493 bits per heavy atom. The molecule has 5 aliphatic rings. The predicted molar refractivity (Wildman–Crippen MR) is 539 cm³/mol. The minimum absolute atomic E-state index is 0.0134. The maximum Gasteiger partial charge on any atom is 0.340 e. The second-order valence-electron chi connectivity index (χ2n) is 31.4. The number of anilines is 17. The first-order valence-corrected chi connectivity index (χ1v) is 45.1. The van der Waals surface area contributed by atoms with Gasteiger partial charge in [0.2, 0.25) is 38.1 Å². The van der Waals surface area contributed by atoms with E-state index in [1.165, 1.54) is 16.8 Å². The summed E-state index contributed by atoms with van der Waals surface area (Å²) in [6.07, 6.45) is 6.80. The van der Waals surface area contributed by atoms with E-state index in [2.05, 4.69) is 113 Å². The van der Waals surface area contributed by atoms with E-state index in [1.54, 1.807) is 101 Å². The predicted octanol–water partition coefficient (Wildman–Crippen LogP) is 17.5. The summed E-state index contributed by atoms with van der Waals surface area (Å²) in [5, 5.41) is 30.1. The Bertz CT molecular complexity index is 6380. The number of halogens is 5. The first-order chi connectivity index (χ1) is 66.1. The van der Waals surface area contributed by atoms with E-state index in [0.717, 1.165) is 110 Å². The first kappa shape index (κ1) is 104. The molecule has 5 aliphatic heterocycles. The van der Waals surface area contributed by atoms with Crippen LogP contribution < -0.4 is 70.4 Å². The molecule has 12 aromatic rings. The molecule has 0 aliphatic carbocycles. The van der Waals surface area contributed by atoms with Crippen molar-refractivity contribution in [2.24, 2.45) is 0 Å². The van der Waals surface area contributed by atoms with Crippen LogP contribution in [0, 0.1) is 20.2 Å². The number of nitrogens with two attached hydrogens (primary N) is 1. The van der Waals surface area contributed by atoms with Gasteiger partial charge in [-0.15, -0.1) is 0 Å². The van der Waals surface area contributed by atoms with E-state index in [1.807, 2.05) is 167 Å². The first-order valence-electron chi connectivity index (χ1n) is 43.2. The van der Waals surface area contributed by atoms with Crippen LogP contribution in [0.5, 0.6) is 11.5 Å². The Labute approximate surface area is 822 Å². The molecule has 0 atom stereocenters. The number of hydrogen-bond acceptors (Lipinski definition) is 34. The summed E-state index contributed by atoms with van der Waals surface area (Å²) in [6.45, 7) is 20.4. The number of carbonyl (C=O) groups excluding carboxylic acids is 5. The molecule has 2 saturated heterocycles. The van der Waals surface area contributed by atoms with Crippen LogP contribution in [0.3, 0.4) is 0 Å². The minimum atomic E-state index is -0.682. The summed E-state index contributed by atoms with van der Waals surface area (Å²) in [5.74, 6) is 2.65.